The molecule has 1 aliphatic rings. The van der Waals surface area contributed by atoms with Gasteiger partial charge < -0.3 is 10.5 Å². The van der Waals surface area contributed by atoms with E-state index in [0.717, 1.165) is 24.2 Å². The van der Waals surface area contributed by atoms with E-state index in [2.05, 4.69) is 12.1 Å². The van der Waals surface area contributed by atoms with Gasteiger partial charge in [0.05, 0.1) is 11.6 Å². The van der Waals surface area contributed by atoms with Crippen LogP contribution in [0.2, 0.25) is 5.02 Å². The molecule has 4 heteroatoms. The van der Waals surface area contributed by atoms with Crippen molar-refractivity contribution in [2.45, 2.75) is 25.5 Å². The molecule has 0 heterocycles. The molecule has 0 saturated heterocycles. The molecule has 3 nitrogen and oxygen atoms in total. The first-order valence-electron chi connectivity index (χ1n) is 6.87. The summed E-state index contributed by atoms with van der Waals surface area (Å²) < 4.78 is 5.80. The fourth-order valence-electron chi connectivity index (χ4n) is 2.61. The van der Waals surface area contributed by atoms with Crippen LogP contribution in [0.25, 0.3) is 0 Å². The number of benzene rings is 2. The van der Waals surface area contributed by atoms with Crippen molar-refractivity contribution in [3.05, 3.63) is 63.7 Å². The maximum atomic E-state index is 8.82. The van der Waals surface area contributed by atoms with Crippen molar-refractivity contribution in [1.82, 2.24) is 0 Å². The number of aryl methyl sites for hydroxylation is 1. The highest BCUT2D eigenvalue weighted by Crippen LogP contribution is 2.32. The number of hydrogen-bond donors (Lipinski definition) is 1. The lowest BCUT2D eigenvalue weighted by Gasteiger charge is -2.10. The average Bonchev–Trinajstić information content (AvgIpc) is 2.87. The summed E-state index contributed by atoms with van der Waals surface area (Å²) in [5.74, 6) is 0.822. The average molecular weight is 299 g/mol. The van der Waals surface area contributed by atoms with E-state index in [9.17, 15) is 0 Å². The smallest absolute Gasteiger partial charge is 0.120 e. The minimum atomic E-state index is 0.155. The second kappa shape index (κ2) is 5.77. The Hall–Kier alpha value is -2.02. The van der Waals surface area contributed by atoms with E-state index in [1.165, 1.54) is 11.1 Å². The van der Waals surface area contributed by atoms with Crippen molar-refractivity contribution in [2.75, 3.05) is 0 Å². The van der Waals surface area contributed by atoms with Crippen LogP contribution in [0.5, 0.6) is 5.75 Å². The van der Waals surface area contributed by atoms with Gasteiger partial charge in [-0.25, -0.2) is 0 Å². The third-order valence-electron chi connectivity index (χ3n) is 3.82. The van der Waals surface area contributed by atoms with Gasteiger partial charge in [-0.15, -0.1) is 0 Å². The minimum Gasteiger partial charge on any atom is -0.489 e. The molecule has 106 valence electrons. The van der Waals surface area contributed by atoms with Crippen LogP contribution in [0, 0.1) is 11.3 Å². The van der Waals surface area contributed by atoms with E-state index in [0.29, 0.717) is 17.2 Å². The Labute approximate surface area is 128 Å². The molecule has 0 bridgehead atoms. The molecule has 1 aliphatic carbocycles. The number of halogens is 1. The fraction of sp³-hybridized carbons (Fsp3) is 0.235. The maximum Gasteiger partial charge on any atom is 0.120 e. The number of nitrogens with two attached hydrogens (primary N) is 1. The highest BCUT2D eigenvalue weighted by Gasteiger charge is 2.19. The molecule has 0 radical (unpaired) electrons. The summed E-state index contributed by atoms with van der Waals surface area (Å²) in [6, 6.07) is 13.5. The molecule has 0 aliphatic heterocycles. The Morgan fingerprint density at radius 3 is 2.90 bits per heavy atom. The Bertz CT molecular complexity index is 721. The van der Waals surface area contributed by atoms with E-state index in [1.54, 1.807) is 12.1 Å². The minimum absolute atomic E-state index is 0.155. The first kappa shape index (κ1) is 13.9. The molecule has 0 aromatic heterocycles. The molecule has 0 fully saturated rings. The van der Waals surface area contributed by atoms with Crippen molar-refractivity contribution in [2.24, 2.45) is 5.73 Å². The van der Waals surface area contributed by atoms with Crippen LogP contribution in [-0.4, -0.2) is 0 Å². The van der Waals surface area contributed by atoms with Crippen LogP contribution in [0.15, 0.2) is 36.4 Å². The van der Waals surface area contributed by atoms with Crippen molar-refractivity contribution in [1.29, 1.82) is 5.26 Å². The number of nitrogens with zero attached hydrogens (tertiary/aromatic N) is 1. The molecule has 1 unspecified atom stereocenters. The largest absolute Gasteiger partial charge is 0.489 e. The third-order valence-corrected chi connectivity index (χ3v) is 4.17. The van der Waals surface area contributed by atoms with Crippen LogP contribution in [-0.2, 0) is 13.0 Å². The predicted octanol–water partition coefficient (Wildman–Crippen LogP) is 3.74. The van der Waals surface area contributed by atoms with Crippen molar-refractivity contribution in [3.8, 4) is 11.8 Å². The second-order valence-corrected chi connectivity index (χ2v) is 5.62. The van der Waals surface area contributed by atoms with E-state index < -0.39 is 0 Å². The first-order valence-corrected chi connectivity index (χ1v) is 7.25. The SMILES string of the molecule is N#Cc1ccc(COc2ccc3c(c2)CCC3N)c(Cl)c1. The van der Waals surface area contributed by atoms with E-state index in [-0.39, 0.29) is 6.04 Å². The lowest BCUT2D eigenvalue weighted by molar-refractivity contribution is 0.306. The van der Waals surface area contributed by atoms with Crippen molar-refractivity contribution < 1.29 is 4.74 Å². The number of hydrogen-bond acceptors (Lipinski definition) is 3. The number of nitriles is 1. The van der Waals surface area contributed by atoms with Crippen LogP contribution in [0.3, 0.4) is 0 Å². The standard InChI is InChI=1S/C17H15ClN2O/c18-16-7-11(9-19)1-2-13(16)10-21-14-4-5-15-12(8-14)3-6-17(15)20/h1-2,4-5,7-8,17H,3,6,10,20H2. The van der Waals surface area contributed by atoms with Crippen LogP contribution < -0.4 is 10.5 Å². The molecular formula is C17H15ClN2O. The van der Waals surface area contributed by atoms with E-state index in [4.69, 9.17) is 27.3 Å². The lowest BCUT2D eigenvalue weighted by atomic mass is 10.1. The molecular weight excluding hydrogens is 284 g/mol. The van der Waals surface area contributed by atoms with Gasteiger partial charge in [0.25, 0.3) is 0 Å². The van der Waals surface area contributed by atoms with Gasteiger partial charge in [0, 0.05) is 16.6 Å². The lowest BCUT2D eigenvalue weighted by Crippen LogP contribution is -2.05. The molecule has 2 N–H and O–H groups in total. The van der Waals surface area contributed by atoms with Crippen molar-refractivity contribution in [3.63, 3.8) is 0 Å². The summed E-state index contributed by atoms with van der Waals surface area (Å²) >= 11 is 6.14. The summed E-state index contributed by atoms with van der Waals surface area (Å²) in [6.45, 7) is 0.384. The third kappa shape index (κ3) is 2.87. The predicted molar refractivity (Wildman–Crippen MR) is 82.2 cm³/mol. The summed E-state index contributed by atoms with van der Waals surface area (Å²) in [4.78, 5) is 0. The van der Waals surface area contributed by atoms with Crippen LogP contribution >= 0.6 is 11.6 Å². The van der Waals surface area contributed by atoms with Gasteiger partial charge in [-0.05, 0) is 48.2 Å². The van der Waals surface area contributed by atoms with Crippen molar-refractivity contribution >= 4 is 11.6 Å². The van der Waals surface area contributed by atoms with Gasteiger partial charge in [-0.2, -0.15) is 5.26 Å². The monoisotopic (exact) mass is 298 g/mol. The number of fused-ring (bicyclic) bond motifs is 1. The zero-order valence-electron chi connectivity index (χ0n) is 11.5. The van der Waals surface area contributed by atoms with Gasteiger partial charge in [0.1, 0.15) is 12.4 Å². The van der Waals surface area contributed by atoms with Gasteiger partial charge >= 0.3 is 0 Å². The fourth-order valence-corrected chi connectivity index (χ4v) is 2.85. The molecule has 21 heavy (non-hydrogen) atoms. The highest BCUT2D eigenvalue weighted by molar-refractivity contribution is 6.31. The van der Waals surface area contributed by atoms with Crippen LogP contribution in [0.1, 0.15) is 34.7 Å². The summed E-state index contributed by atoms with van der Waals surface area (Å²) in [5, 5.41) is 9.37. The van der Waals surface area contributed by atoms with Gasteiger partial charge in [0.2, 0.25) is 0 Å². The zero-order valence-corrected chi connectivity index (χ0v) is 12.2. The topological polar surface area (TPSA) is 59.0 Å². The number of rotatable bonds is 3. The molecule has 0 saturated carbocycles. The Morgan fingerprint density at radius 2 is 2.14 bits per heavy atom. The summed E-state index contributed by atoms with van der Waals surface area (Å²) in [5.41, 5.74) is 9.93. The summed E-state index contributed by atoms with van der Waals surface area (Å²) in [7, 11) is 0. The molecule has 3 rings (SSSR count). The second-order valence-electron chi connectivity index (χ2n) is 5.21. The molecule has 0 spiro atoms. The molecule has 2 aromatic rings. The summed E-state index contributed by atoms with van der Waals surface area (Å²) in [6.07, 6.45) is 2.01. The van der Waals surface area contributed by atoms with Gasteiger partial charge in [-0.1, -0.05) is 23.7 Å². The normalized spacial score (nSPS) is 16.3. The van der Waals surface area contributed by atoms with Gasteiger partial charge in [-0.3, -0.25) is 0 Å². The van der Waals surface area contributed by atoms with E-state index >= 15 is 0 Å². The van der Waals surface area contributed by atoms with Crippen LogP contribution in [0.4, 0.5) is 0 Å². The molecule has 1 atom stereocenters. The van der Waals surface area contributed by atoms with E-state index in [1.807, 2.05) is 18.2 Å². The molecule has 2 aromatic carbocycles. The quantitative estimate of drug-likeness (QED) is 0.939. The Morgan fingerprint density at radius 1 is 1.29 bits per heavy atom. The number of ether oxygens (including phenoxy) is 1. The molecule has 0 amide bonds. The Balaban J connectivity index is 1.72. The highest BCUT2D eigenvalue weighted by atomic mass is 35.5. The Kier molecular flexibility index (Phi) is 3.83. The maximum absolute atomic E-state index is 8.82. The van der Waals surface area contributed by atoms with Gasteiger partial charge in [0.15, 0.2) is 0 Å². The first-order chi connectivity index (χ1) is 10.2. The zero-order chi connectivity index (χ0) is 14.8.